The number of methoxy groups -OCH3 is 1. The third-order valence-corrected chi connectivity index (χ3v) is 6.42. The van der Waals surface area contributed by atoms with Gasteiger partial charge in [-0.1, -0.05) is 60.3 Å². The lowest BCUT2D eigenvalue weighted by atomic mass is 10.1. The van der Waals surface area contributed by atoms with E-state index in [2.05, 4.69) is 35.3 Å². The molecule has 4 aromatic rings. The Labute approximate surface area is 165 Å². The number of esters is 1. The normalized spacial score (nSPS) is 11.8. The Morgan fingerprint density at radius 3 is 2.67 bits per heavy atom. The van der Waals surface area contributed by atoms with Gasteiger partial charge in [-0.2, -0.15) is 0 Å². The number of hydrogen-bond donors (Lipinski definition) is 0. The summed E-state index contributed by atoms with van der Waals surface area (Å²) in [5.74, 6) is 0.205. The van der Waals surface area contributed by atoms with Crippen molar-refractivity contribution in [3.05, 3.63) is 77.9 Å². The number of fused-ring (bicyclic) bond motifs is 2. The maximum Gasteiger partial charge on any atom is 0.334 e. The van der Waals surface area contributed by atoms with Crippen LogP contribution >= 0.6 is 23.1 Å². The quantitative estimate of drug-likeness (QED) is 0.245. The van der Waals surface area contributed by atoms with Crippen molar-refractivity contribution in [2.45, 2.75) is 4.34 Å². The van der Waals surface area contributed by atoms with Gasteiger partial charge in [0.15, 0.2) is 4.34 Å². The topological polar surface area (TPSA) is 39.2 Å². The minimum Gasteiger partial charge on any atom is -0.466 e. The van der Waals surface area contributed by atoms with E-state index in [-0.39, 0.29) is 5.97 Å². The molecule has 0 saturated carbocycles. The van der Waals surface area contributed by atoms with Gasteiger partial charge < -0.3 is 4.74 Å². The number of nitrogens with zero attached hydrogens (tertiary/aromatic N) is 1. The predicted octanol–water partition coefficient (Wildman–Crippen LogP) is 5.80. The summed E-state index contributed by atoms with van der Waals surface area (Å²) in [6.07, 6.45) is 1.90. The second-order valence-electron chi connectivity index (χ2n) is 6.00. The molecule has 0 saturated heterocycles. The summed E-state index contributed by atoms with van der Waals surface area (Å²) in [6.45, 7) is 0. The molecule has 27 heavy (non-hydrogen) atoms. The number of rotatable bonds is 5. The Hall–Kier alpha value is -2.63. The fraction of sp³-hybridized carbons (Fsp3) is 0.0909. The summed E-state index contributed by atoms with van der Waals surface area (Å²) in [4.78, 5) is 16.9. The molecular formula is C22H17NO2S2. The van der Waals surface area contributed by atoms with E-state index in [1.165, 1.54) is 12.5 Å². The Balaban J connectivity index is 1.59. The molecule has 134 valence electrons. The highest BCUT2D eigenvalue weighted by Gasteiger charge is 2.13. The molecule has 5 heteroatoms. The zero-order valence-electron chi connectivity index (χ0n) is 14.7. The molecule has 0 aliphatic rings. The molecule has 0 aliphatic carbocycles. The number of thioether (sulfide) groups is 1. The third-order valence-electron chi connectivity index (χ3n) is 4.19. The van der Waals surface area contributed by atoms with Crippen molar-refractivity contribution in [1.29, 1.82) is 0 Å². The zero-order chi connectivity index (χ0) is 18.6. The van der Waals surface area contributed by atoms with Crippen molar-refractivity contribution < 1.29 is 9.53 Å². The molecule has 0 radical (unpaired) electrons. The van der Waals surface area contributed by atoms with Gasteiger partial charge in [0.2, 0.25) is 0 Å². The first-order valence-corrected chi connectivity index (χ1v) is 10.3. The largest absolute Gasteiger partial charge is 0.466 e. The maximum absolute atomic E-state index is 12.3. The van der Waals surface area contributed by atoms with Gasteiger partial charge in [-0.3, -0.25) is 0 Å². The van der Waals surface area contributed by atoms with Gasteiger partial charge in [-0.15, -0.1) is 11.3 Å². The number of hydrogen-bond acceptors (Lipinski definition) is 5. The van der Waals surface area contributed by atoms with Gasteiger partial charge in [0.25, 0.3) is 0 Å². The highest BCUT2D eigenvalue weighted by molar-refractivity contribution is 8.01. The van der Waals surface area contributed by atoms with E-state index in [1.54, 1.807) is 23.1 Å². The first kappa shape index (κ1) is 17.8. The van der Waals surface area contributed by atoms with Crippen molar-refractivity contribution in [3.8, 4) is 0 Å². The van der Waals surface area contributed by atoms with Crippen LogP contribution in [0.2, 0.25) is 0 Å². The highest BCUT2D eigenvalue weighted by atomic mass is 32.2. The van der Waals surface area contributed by atoms with Crippen molar-refractivity contribution in [1.82, 2.24) is 4.98 Å². The van der Waals surface area contributed by atoms with Gasteiger partial charge in [0.1, 0.15) is 0 Å². The number of carbonyl (C=O) groups excluding carboxylic acids is 1. The minimum atomic E-state index is -0.309. The second-order valence-corrected chi connectivity index (χ2v) is 8.26. The number of carbonyl (C=O) groups is 1. The number of aromatic nitrogens is 1. The first-order chi connectivity index (χ1) is 13.2. The second kappa shape index (κ2) is 7.94. The molecular weight excluding hydrogens is 374 g/mol. The molecule has 0 amide bonds. The molecule has 0 bridgehead atoms. The SMILES string of the molecule is COC(=O)/C(=C/c1ccc2ccccc2c1)CSc1nc2ccccc2s1. The molecule has 0 aliphatic heterocycles. The van der Waals surface area contributed by atoms with E-state index in [0.717, 1.165) is 25.5 Å². The van der Waals surface area contributed by atoms with Crippen LogP contribution in [0.1, 0.15) is 5.56 Å². The zero-order valence-corrected chi connectivity index (χ0v) is 16.3. The fourth-order valence-corrected chi connectivity index (χ4v) is 4.86. The Bertz CT molecular complexity index is 1110. The van der Waals surface area contributed by atoms with Crippen LogP contribution in [0.4, 0.5) is 0 Å². The number of para-hydroxylation sites is 1. The third kappa shape index (κ3) is 4.04. The van der Waals surface area contributed by atoms with Crippen molar-refractivity contribution in [3.63, 3.8) is 0 Å². The Morgan fingerprint density at radius 2 is 1.85 bits per heavy atom. The summed E-state index contributed by atoms with van der Waals surface area (Å²) in [5.41, 5.74) is 2.60. The molecule has 3 nitrogen and oxygen atoms in total. The van der Waals surface area contributed by atoms with E-state index >= 15 is 0 Å². The van der Waals surface area contributed by atoms with Gasteiger partial charge in [-0.25, -0.2) is 9.78 Å². The standard InChI is InChI=1S/C22H17NO2S2/c1-25-21(24)18(13-15-10-11-16-6-2-3-7-17(16)12-15)14-26-22-23-19-8-4-5-9-20(19)27-22/h2-13H,14H2,1H3/b18-13+. The van der Waals surface area contributed by atoms with E-state index in [1.807, 2.05) is 42.5 Å². The number of benzene rings is 3. The Morgan fingerprint density at radius 1 is 1.07 bits per heavy atom. The van der Waals surface area contributed by atoms with Crippen LogP contribution in [-0.4, -0.2) is 23.8 Å². The monoisotopic (exact) mass is 391 g/mol. The van der Waals surface area contributed by atoms with E-state index < -0.39 is 0 Å². The van der Waals surface area contributed by atoms with Gasteiger partial charge in [-0.05, 0) is 40.6 Å². The molecule has 0 unspecified atom stereocenters. The van der Waals surface area contributed by atoms with Crippen molar-refractivity contribution in [2.24, 2.45) is 0 Å². The molecule has 0 atom stereocenters. The van der Waals surface area contributed by atoms with Crippen LogP contribution in [-0.2, 0) is 9.53 Å². The Kier molecular flexibility index (Phi) is 5.23. The summed E-state index contributed by atoms with van der Waals surface area (Å²) < 4.78 is 7.08. The molecule has 3 aromatic carbocycles. The van der Waals surface area contributed by atoms with Crippen LogP contribution in [0.5, 0.6) is 0 Å². The van der Waals surface area contributed by atoms with E-state index in [0.29, 0.717) is 11.3 Å². The summed E-state index contributed by atoms with van der Waals surface area (Å²) in [5, 5.41) is 2.33. The average Bonchev–Trinajstić information content (AvgIpc) is 3.13. The molecule has 0 spiro atoms. The smallest absolute Gasteiger partial charge is 0.334 e. The summed E-state index contributed by atoms with van der Waals surface area (Å²) >= 11 is 3.20. The molecule has 0 fully saturated rings. The van der Waals surface area contributed by atoms with Crippen LogP contribution < -0.4 is 0 Å². The fourth-order valence-electron chi connectivity index (χ4n) is 2.84. The van der Waals surface area contributed by atoms with Gasteiger partial charge >= 0.3 is 5.97 Å². The maximum atomic E-state index is 12.3. The lowest BCUT2D eigenvalue weighted by molar-refractivity contribution is -0.135. The predicted molar refractivity (Wildman–Crippen MR) is 114 cm³/mol. The van der Waals surface area contributed by atoms with Crippen LogP contribution in [0.25, 0.3) is 27.1 Å². The van der Waals surface area contributed by atoms with Crippen molar-refractivity contribution in [2.75, 3.05) is 12.9 Å². The first-order valence-electron chi connectivity index (χ1n) is 8.49. The summed E-state index contributed by atoms with van der Waals surface area (Å²) in [7, 11) is 1.42. The lowest BCUT2D eigenvalue weighted by Gasteiger charge is -2.05. The van der Waals surface area contributed by atoms with Gasteiger partial charge in [0.05, 0.1) is 17.3 Å². The van der Waals surface area contributed by atoms with Crippen molar-refractivity contribution >= 4 is 56.1 Å². The van der Waals surface area contributed by atoms with Gasteiger partial charge in [0, 0.05) is 11.3 Å². The lowest BCUT2D eigenvalue weighted by Crippen LogP contribution is -2.06. The van der Waals surface area contributed by atoms with Crippen LogP contribution in [0.3, 0.4) is 0 Å². The molecule has 0 N–H and O–H groups in total. The van der Waals surface area contributed by atoms with E-state index in [4.69, 9.17) is 4.74 Å². The van der Waals surface area contributed by atoms with Crippen LogP contribution in [0, 0.1) is 0 Å². The minimum absolute atomic E-state index is 0.309. The number of ether oxygens (including phenoxy) is 1. The summed E-state index contributed by atoms with van der Waals surface area (Å²) in [6, 6.07) is 22.4. The van der Waals surface area contributed by atoms with Crippen LogP contribution in [0.15, 0.2) is 76.6 Å². The molecule has 4 rings (SSSR count). The molecule has 1 heterocycles. The highest BCUT2D eigenvalue weighted by Crippen LogP contribution is 2.31. The average molecular weight is 392 g/mol. The van der Waals surface area contributed by atoms with E-state index in [9.17, 15) is 4.79 Å². The molecule has 1 aromatic heterocycles. The number of thiazole rings is 1.